The summed E-state index contributed by atoms with van der Waals surface area (Å²) >= 11 is 12.5. The van der Waals surface area contributed by atoms with Gasteiger partial charge in [0.15, 0.2) is 11.4 Å². The highest BCUT2D eigenvalue weighted by atomic mass is 35.5. The van der Waals surface area contributed by atoms with Crippen molar-refractivity contribution in [2.45, 2.75) is 6.54 Å². The molecule has 4 rings (SSSR count). The Bertz CT molecular complexity index is 979. The second kappa shape index (κ2) is 6.23. The summed E-state index contributed by atoms with van der Waals surface area (Å²) in [5.74, 6) is 1.45. The van der Waals surface area contributed by atoms with Crippen molar-refractivity contribution in [3.05, 3.63) is 76.6 Å². The smallest absolute Gasteiger partial charge is 0.158 e. The summed E-state index contributed by atoms with van der Waals surface area (Å²) in [4.78, 5) is 4.62. The number of benzene rings is 1. The van der Waals surface area contributed by atoms with E-state index in [1.54, 1.807) is 18.5 Å². The maximum atomic E-state index is 6.30. The van der Waals surface area contributed by atoms with E-state index in [1.807, 2.05) is 34.7 Å². The van der Waals surface area contributed by atoms with Gasteiger partial charge in [-0.2, -0.15) is 0 Å². The number of hydrogen-bond donors (Lipinski definition) is 1. The van der Waals surface area contributed by atoms with Crippen LogP contribution in [0.3, 0.4) is 0 Å². The van der Waals surface area contributed by atoms with Gasteiger partial charge in [0.05, 0.1) is 16.3 Å². The Morgan fingerprint density at radius 1 is 1.08 bits per heavy atom. The van der Waals surface area contributed by atoms with Gasteiger partial charge in [-0.05, 0) is 23.8 Å². The molecule has 0 saturated carbocycles. The summed E-state index contributed by atoms with van der Waals surface area (Å²) in [5, 5.41) is 4.45. The lowest BCUT2D eigenvalue weighted by Gasteiger charge is -2.08. The molecule has 0 amide bonds. The van der Waals surface area contributed by atoms with Crippen LogP contribution in [0, 0.1) is 0 Å². The first-order valence-electron chi connectivity index (χ1n) is 7.41. The van der Waals surface area contributed by atoms with Crippen LogP contribution in [0.2, 0.25) is 10.0 Å². The van der Waals surface area contributed by atoms with Crippen molar-refractivity contribution in [1.29, 1.82) is 0 Å². The maximum absolute atomic E-state index is 6.30. The first-order valence-corrected chi connectivity index (χ1v) is 8.17. The highest BCUT2D eigenvalue weighted by molar-refractivity contribution is 6.36. The van der Waals surface area contributed by atoms with E-state index in [1.165, 1.54) is 0 Å². The van der Waals surface area contributed by atoms with Crippen LogP contribution < -0.4 is 5.32 Å². The highest BCUT2D eigenvalue weighted by Gasteiger charge is 2.18. The van der Waals surface area contributed by atoms with E-state index in [2.05, 4.69) is 22.4 Å². The fourth-order valence-corrected chi connectivity index (χ4v) is 3.12. The molecule has 0 saturated heterocycles. The van der Waals surface area contributed by atoms with Gasteiger partial charge in [0.1, 0.15) is 11.5 Å². The number of nitrogens with zero attached hydrogens (tertiary/aromatic N) is 2. The van der Waals surface area contributed by atoms with Crippen LogP contribution in [0.5, 0.6) is 0 Å². The number of aromatic nitrogens is 2. The zero-order valence-electron chi connectivity index (χ0n) is 12.5. The van der Waals surface area contributed by atoms with Crippen molar-refractivity contribution in [3.63, 3.8) is 0 Å². The normalized spacial score (nSPS) is 11.1. The minimum absolute atomic E-state index is 0.489. The highest BCUT2D eigenvalue weighted by Crippen LogP contribution is 2.33. The lowest BCUT2D eigenvalue weighted by atomic mass is 10.2. The van der Waals surface area contributed by atoms with Crippen molar-refractivity contribution in [2.75, 3.05) is 5.32 Å². The minimum Gasteiger partial charge on any atom is -0.463 e. The second-order valence-corrected chi connectivity index (χ2v) is 6.17. The number of pyridine rings is 1. The van der Waals surface area contributed by atoms with Crippen molar-refractivity contribution in [3.8, 4) is 11.5 Å². The van der Waals surface area contributed by atoms with Gasteiger partial charge in [-0.3, -0.25) is 4.40 Å². The molecule has 1 aromatic carbocycles. The Kier molecular flexibility index (Phi) is 3.92. The van der Waals surface area contributed by atoms with Crippen molar-refractivity contribution >= 4 is 34.7 Å². The van der Waals surface area contributed by atoms with Crippen LogP contribution in [-0.4, -0.2) is 9.38 Å². The van der Waals surface area contributed by atoms with E-state index >= 15 is 0 Å². The summed E-state index contributed by atoms with van der Waals surface area (Å²) in [6, 6.07) is 15.5. The molecule has 0 radical (unpaired) electrons. The molecule has 3 aromatic heterocycles. The Hall–Kier alpha value is -2.43. The van der Waals surface area contributed by atoms with E-state index < -0.39 is 0 Å². The largest absolute Gasteiger partial charge is 0.463 e. The van der Waals surface area contributed by atoms with Crippen molar-refractivity contribution < 1.29 is 4.42 Å². The summed E-state index contributed by atoms with van der Waals surface area (Å²) in [6.07, 6.45) is 3.41. The third-order valence-electron chi connectivity index (χ3n) is 3.70. The van der Waals surface area contributed by atoms with Gasteiger partial charge in [0.2, 0.25) is 0 Å². The van der Waals surface area contributed by atoms with E-state index in [9.17, 15) is 0 Å². The van der Waals surface area contributed by atoms with Gasteiger partial charge < -0.3 is 9.73 Å². The van der Waals surface area contributed by atoms with Crippen LogP contribution in [0.1, 0.15) is 5.56 Å². The SMILES string of the molecule is Clc1cc(Cl)c2nc(-c3ccco3)c(NCc3ccccc3)n2c1. The molecule has 4 nitrogen and oxygen atoms in total. The first kappa shape index (κ1) is 15.1. The molecule has 0 unspecified atom stereocenters. The lowest BCUT2D eigenvalue weighted by Crippen LogP contribution is -2.03. The number of nitrogens with one attached hydrogen (secondary N) is 1. The molecule has 0 aliphatic carbocycles. The molecular weight excluding hydrogens is 345 g/mol. The van der Waals surface area contributed by atoms with Gasteiger partial charge >= 0.3 is 0 Å². The van der Waals surface area contributed by atoms with E-state index in [0.717, 1.165) is 11.4 Å². The molecule has 4 aromatic rings. The van der Waals surface area contributed by atoms with Crippen LogP contribution in [0.25, 0.3) is 17.1 Å². The second-order valence-electron chi connectivity index (χ2n) is 5.33. The topological polar surface area (TPSA) is 42.5 Å². The summed E-state index contributed by atoms with van der Waals surface area (Å²) in [5.41, 5.74) is 2.48. The van der Waals surface area contributed by atoms with Gasteiger partial charge in [0, 0.05) is 12.7 Å². The average Bonchev–Trinajstić information content (AvgIpc) is 3.21. The van der Waals surface area contributed by atoms with Crippen molar-refractivity contribution in [1.82, 2.24) is 9.38 Å². The fraction of sp³-hybridized carbons (Fsp3) is 0.0556. The van der Waals surface area contributed by atoms with E-state index in [0.29, 0.717) is 33.7 Å². The molecule has 1 N–H and O–H groups in total. The van der Waals surface area contributed by atoms with Crippen LogP contribution in [0.15, 0.2) is 65.4 Å². The van der Waals surface area contributed by atoms with Crippen LogP contribution >= 0.6 is 23.2 Å². The van der Waals surface area contributed by atoms with Crippen LogP contribution in [-0.2, 0) is 6.54 Å². The molecule has 6 heteroatoms. The van der Waals surface area contributed by atoms with Crippen LogP contribution in [0.4, 0.5) is 5.82 Å². The number of anilines is 1. The summed E-state index contributed by atoms with van der Waals surface area (Å²) in [7, 11) is 0. The summed E-state index contributed by atoms with van der Waals surface area (Å²) < 4.78 is 7.37. The average molecular weight is 358 g/mol. The number of fused-ring (bicyclic) bond motifs is 1. The number of furan rings is 1. The molecule has 0 spiro atoms. The zero-order chi connectivity index (χ0) is 16.5. The molecule has 0 aliphatic heterocycles. The molecule has 0 fully saturated rings. The Morgan fingerprint density at radius 3 is 2.67 bits per heavy atom. The number of rotatable bonds is 4. The third-order valence-corrected chi connectivity index (χ3v) is 4.18. The monoisotopic (exact) mass is 357 g/mol. The fourth-order valence-electron chi connectivity index (χ4n) is 2.61. The Balaban J connectivity index is 1.83. The molecule has 3 heterocycles. The van der Waals surface area contributed by atoms with Gasteiger partial charge in [0.25, 0.3) is 0 Å². The van der Waals surface area contributed by atoms with Gasteiger partial charge in [-0.1, -0.05) is 53.5 Å². The molecule has 0 atom stereocenters. The third kappa shape index (κ3) is 2.75. The zero-order valence-corrected chi connectivity index (χ0v) is 14.1. The number of hydrogen-bond acceptors (Lipinski definition) is 3. The standard InChI is InChI=1S/C18H13Cl2N3O/c19-13-9-14(20)17-22-16(15-7-4-8-24-15)18(23(17)11-13)21-10-12-5-2-1-3-6-12/h1-9,11,21H,10H2. The first-order chi connectivity index (χ1) is 11.7. The molecule has 0 bridgehead atoms. The van der Waals surface area contributed by atoms with E-state index in [4.69, 9.17) is 27.6 Å². The predicted molar refractivity (Wildman–Crippen MR) is 96.7 cm³/mol. The summed E-state index contributed by atoms with van der Waals surface area (Å²) in [6.45, 7) is 0.645. The quantitative estimate of drug-likeness (QED) is 0.523. The Morgan fingerprint density at radius 2 is 1.92 bits per heavy atom. The van der Waals surface area contributed by atoms with E-state index in [-0.39, 0.29) is 0 Å². The number of halogens is 2. The maximum Gasteiger partial charge on any atom is 0.158 e. The minimum atomic E-state index is 0.489. The predicted octanol–water partition coefficient (Wildman–Crippen LogP) is 5.51. The Labute approximate surface area is 148 Å². The molecule has 24 heavy (non-hydrogen) atoms. The van der Waals surface area contributed by atoms with Crippen molar-refractivity contribution in [2.24, 2.45) is 0 Å². The molecular formula is C18H13Cl2N3O. The lowest BCUT2D eigenvalue weighted by molar-refractivity contribution is 0.580. The molecule has 120 valence electrons. The number of imidazole rings is 1. The van der Waals surface area contributed by atoms with Gasteiger partial charge in [-0.25, -0.2) is 4.98 Å². The molecule has 0 aliphatic rings. The van der Waals surface area contributed by atoms with Gasteiger partial charge in [-0.15, -0.1) is 0 Å².